The fourth-order valence-corrected chi connectivity index (χ4v) is 2.92. The first-order valence-corrected chi connectivity index (χ1v) is 8.95. The molecule has 0 radical (unpaired) electrons. The third kappa shape index (κ3) is 4.06. The molecule has 3 heteroatoms. The third-order valence-corrected chi connectivity index (χ3v) is 3.92. The summed E-state index contributed by atoms with van der Waals surface area (Å²) in [4.78, 5) is 0. The molecule has 0 aliphatic rings. The fourth-order valence-electron chi connectivity index (χ4n) is 1.52. The van der Waals surface area contributed by atoms with Gasteiger partial charge >= 0.3 is 0 Å². The normalized spacial score (nSPS) is 13.7. The molecule has 1 N–H and O–H groups in total. The van der Waals surface area contributed by atoms with Crippen LogP contribution in [0.15, 0.2) is 24.3 Å². The third-order valence-electron chi connectivity index (χ3n) is 2.31. The predicted molar refractivity (Wildman–Crippen MR) is 66.1 cm³/mol. The number of aliphatic hydroxyl groups is 1. The lowest BCUT2D eigenvalue weighted by Gasteiger charge is -2.20. The van der Waals surface area contributed by atoms with Crippen LogP contribution < -0.4 is 4.74 Å². The highest BCUT2D eigenvalue weighted by atomic mass is 28.3. The van der Waals surface area contributed by atoms with Gasteiger partial charge in [0.1, 0.15) is 5.75 Å². The van der Waals surface area contributed by atoms with E-state index in [-0.39, 0.29) is 6.10 Å². The highest BCUT2D eigenvalue weighted by Gasteiger charge is 2.19. The van der Waals surface area contributed by atoms with E-state index >= 15 is 0 Å². The summed E-state index contributed by atoms with van der Waals surface area (Å²) in [5.74, 6) is 0.832. The minimum absolute atomic E-state index is 0.331. The van der Waals surface area contributed by atoms with Gasteiger partial charge in [-0.25, -0.2) is 0 Å². The standard InChI is InChI=1S/C12H20O2Si/c1-14-11-7-5-10(6-8-11)12(13)9-15(2,3)4/h5-8,12-13H,9H2,1-4H3. The largest absolute Gasteiger partial charge is 0.497 e. The van der Waals surface area contributed by atoms with E-state index in [1.807, 2.05) is 24.3 Å². The van der Waals surface area contributed by atoms with E-state index in [0.29, 0.717) is 0 Å². The summed E-state index contributed by atoms with van der Waals surface area (Å²) < 4.78 is 5.08. The molecular formula is C12H20O2Si. The second kappa shape index (κ2) is 4.81. The van der Waals surface area contributed by atoms with E-state index in [9.17, 15) is 5.11 Å². The maximum absolute atomic E-state index is 10.0. The summed E-state index contributed by atoms with van der Waals surface area (Å²) in [6, 6.07) is 8.55. The predicted octanol–water partition coefficient (Wildman–Crippen LogP) is 3.07. The lowest BCUT2D eigenvalue weighted by molar-refractivity contribution is 0.197. The number of hydrogen-bond acceptors (Lipinski definition) is 2. The first-order valence-electron chi connectivity index (χ1n) is 5.24. The Morgan fingerprint density at radius 1 is 1.20 bits per heavy atom. The van der Waals surface area contributed by atoms with Crippen LogP contribution in [0.3, 0.4) is 0 Å². The average molecular weight is 224 g/mol. The molecule has 0 saturated heterocycles. The Kier molecular flexibility index (Phi) is 3.94. The van der Waals surface area contributed by atoms with Gasteiger partial charge < -0.3 is 9.84 Å². The quantitative estimate of drug-likeness (QED) is 0.796. The van der Waals surface area contributed by atoms with Crippen LogP contribution in [0.5, 0.6) is 5.75 Å². The molecule has 1 aromatic carbocycles. The van der Waals surface area contributed by atoms with Gasteiger partial charge in [-0.05, 0) is 23.7 Å². The zero-order valence-corrected chi connectivity index (χ0v) is 10.9. The summed E-state index contributed by atoms with van der Waals surface area (Å²) >= 11 is 0. The second-order valence-electron chi connectivity index (χ2n) is 5.05. The number of rotatable bonds is 4. The van der Waals surface area contributed by atoms with Crippen molar-refractivity contribution >= 4 is 8.07 Å². The molecule has 0 bridgehead atoms. The maximum Gasteiger partial charge on any atom is 0.118 e. The SMILES string of the molecule is COc1ccc(C(O)C[Si](C)(C)C)cc1. The summed E-state index contributed by atoms with van der Waals surface area (Å²) in [5.41, 5.74) is 0.984. The van der Waals surface area contributed by atoms with Crippen molar-refractivity contribution in [1.82, 2.24) is 0 Å². The molecule has 2 nitrogen and oxygen atoms in total. The zero-order valence-electron chi connectivity index (χ0n) is 9.95. The van der Waals surface area contributed by atoms with Crippen molar-refractivity contribution in [2.75, 3.05) is 7.11 Å². The molecule has 0 fully saturated rings. The van der Waals surface area contributed by atoms with E-state index in [2.05, 4.69) is 19.6 Å². The van der Waals surface area contributed by atoms with Crippen molar-refractivity contribution in [2.24, 2.45) is 0 Å². The van der Waals surface area contributed by atoms with E-state index in [4.69, 9.17) is 4.74 Å². The molecular weight excluding hydrogens is 204 g/mol. The number of aliphatic hydroxyl groups excluding tert-OH is 1. The fraction of sp³-hybridized carbons (Fsp3) is 0.500. The Morgan fingerprint density at radius 2 is 1.73 bits per heavy atom. The van der Waals surface area contributed by atoms with E-state index in [0.717, 1.165) is 17.4 Å². The number of benzene rings is 1. The first kappa shape index (κ1) is 12.3. The highest BCUT2D eigenvalue weighted by Crippen LogP contribution is 2.25. The van der Waals surface area contributed by atoms with Crippen LogP contribution in [0.25, 0.3) is 0 Å². The van der Waals surface area contributed by atoms with Gasteiger partial charge in [0.2, 0.25) is 0 Å². The Balaban J connectivity index is 2.70. The maximum atomic E-state index is 10.0. The van der Waals surface area contributed by atoms with Crippen LogP contribution in [-0.2, 0) is 0 Å². The molecule has 0 spiro atoms. The van der Waals surface area contributed by atoms with Gasteiger partial charge in [0.25, 0.3) is 0 Å². The van der Waals surface area contributed by atoms with Gasteiger partial charge in [-0.2, -0.15) is 0 Å². The number of ether oxygens (including phenoxy) is 1. The lowest BCUT2D eigenvalue weighted by atomic mass is 10.1. The molecule has 0 aliphatic carbocycles. The van der Waals surface area contributed by atoms with Crippen LogP contribution in [0.1, 0.15) is 11.7 Å². The van der Waals surface area contributed by atoms with Crippen LogP contribution in [0.2, 0.25) is 25.7 Å². The molecule has 1 aromatic rings. The molecule has 1 atom stereocenters. The topological polar surface area (TPSA) is 29.5 Å². The Bertz CT molecular complexity index is 300. The van der Waals surface area contributed by atoms with Crippen molar-refractivity contribution in [1.29, 1.82) is 0 Å². The molecule has 1 rings (SSSR count). The smallest absolute Gasteiger partial charge is 0.118 e. The molecule has 84 valence electrons. The average Bonchev–Trinajstić information content (AvgIpc) is 2.15. The first-order chi connectivity index (χ1) is 6.92. The molecule has 0 saturated carbocycles. The summed E-state index contributed by atoms with van der Waals surface area (Å²) in [5, 5.41) is 10.0. The minimum Gasteiger partial charge on any atom is -0.497 e. The van der Waals surface area contributed by atoms with Crippen molar-refractivity contribution in [3.63, 3.8) is 0 Å². The summed E-state index contributed by atoms with van der Waals surface area (Å²) in [6.45, 7) is 6.79. The van der Waals surface area contributed by atoms with Crippen LogP contribution in [0, 0.1) is 0 Å². The van der Waals surface area contributed by atoms with Crippen LogP contribution in [-0.4, -0.2) is 20.3 Å². The van der Waals surface area contributed by atoms with Crippen molar-refractivity contribution in [2.45, 2.75) is 31.8 Å². The zero-order chi connectivity index (χ0) is 11.5. The van der Waals surface area contributed by atoms with Gasteiger partial charge in [0, 0.05) is 8.07 Å². The molecule has 0 heterocycles. The van der Waals surface area contributed by atoms with Crippen molar-refractivity contribution < 1.29 is 9.84 Å². The number of methoxy groups -OCH3 is 1. The van der Waals surface area contributed by atoms with Crippen LogP contribution >= 0.6 is 0 Å². The Morgan fingerprint density at radius 3 is 2.13 bits per heavy atom. The van der Waals surface area contributed by atoms with Gasteiger partial charge in [0.15, 0.2) is 0 Å². The minimum atomic E-state index is -1.21. The number of hydrogen-bond donors (Lipinski definition) is 1. The van der Waals surface area contributed by atoms with Gasteiger partial charge in [-0.1, -0.05) is 31.8 Å². The van der Waals surface area contributed by atoms with Crippen molar-refractivity contribution in [3.05, 3.63) is 29.8 Å². The highest BCUT2D eigenvalue weighted by molar-refractivity contribution is 6.76. The van der Waals surface area contributed by atoms with Crippen LogP contribution in [0.4, 0.5) is 0 Å². The van der Waals surface area contributed by atoms with E-state index in [1.165, 1.54) is 0 Å². The summed E-state index contributed by atoms with van der Waals surface area (Å²) in [6.07, 6.45) is -0.331. The van der Waals surface area contributed by atoms with Gasteiger partial charge in [0.05, 0.1) is 13.2 Å². The van der Waals surface area contributed by atoms with E-state index in [1.54, 1.807) is 7.11 Å². The molecule has 1 unspecified atom stereocenters. The molecule has 0 aromatic heterocycles. The molecule has 0 aliphatic heterocycles. The second-order valence-corrected chi connectivity index (χ2v) is 10.6. The Hall–Kier alpha value is -0.803. The summed E-state index contributed by atoms with van der Waals surface area (Å²) in [7, 11) is 0.440. The van der Waals surface area contributed by atoms with Gasteiger partial charge in [-0.15, -0.1) is 0 Å². The monoisotopic (exact) mass is 224 g/mol. The lowest BCUT2D eigenvalue weighted by Crippen LogP contribution is -2.22. The van der Waals surface area contributed by atoms with Crippen molar-refractivity contribution in [3.8, 4) is 5.75 Å². The van der Waals surface area contributed by atoms with E-state index < -0.39 is 8.07 Å². The van der Waals surface area contributed by atoms with Gasteiger partial charge in [-0.3, -0.25) is 0 Å². The molecule has 0 amide bonds. The molecule has 15 heavy (non-hydrogen) atoms. The Labute approximate surface area is 92.9 Å².